The second-order valence-corrected chi connectivity index (χ2v) is 3.23. The number of nitrogens with zero attached hydrogens (tertiary/aromatic N) is 2. The van der Waals surface area contributed by atoms with Gasteiger partial charge in [0.1, 0.15) is 0 Å². The number of carbonyl (C=O) groups excluding carboxylic acids is 2. The summed E-state index contributed by atoms with van der Waals surface area (Å²) in [5.74, 6) is -1.42. The zero-order valence-corrected chi connectivity index (χ0v) is 9.19. The molecular formula is C9H14N4O3. The monoisotopic (exact) mass is 226 g/mol. The van der Waals surface area contributed by atoms with E-state index in [4.69, 9.17) is 11.5 Å². The van der Waals surface area contributed by atoms with E-state index in [1.54, 1.807) is 7.05 Å². The molecule has 1 amide bonds. The van der Waals surface area contributed by atoms with E-state index in [9.17, 15) is 9.59 Å². The molecule has 1 heterocycles. The number of hydrogen-bond acceptors (Lipinski definition) is 5. The number of aromatic nitrogens is 2. The summed E-state index contributed by atoms with van der Waals surface area (Å²) in [6, 6.07) is 0. The Morgan fingerprint density at radius 3 is 2.56 bits per heavy atom. The van der Waals surface area contributed by atoms with E-state index in [2.05, 4.69) is 9.84 Å². The van der Waals surface area contributed by atoms with Crippen LogP contribution in [-0.2, 0) is 23.0 Å². The Hall–Kier alpha value is -2.05. The predicted molar refractivity (Wildman–Crippen MR) is 56.5 cm³/mol. The molecule has 1 aromatic rings. The minimum absolute atomic E-state index is 0.137. The summed E-state index contributed by atoms with van der Waals surface area (Å²) in [5.41, 5.74) is 11.6. The first-order valence-electron chi connectivity index (χ1n) is 4.74. The number of amides is 1. The molecule has 1 rings (SSSR count). The van der Waals surface area contributed by atoms with Crippen molar-refractivity contribution >= 4 is 17.6 Å². The molecule has 0 saturated carbocycles. The minimum Gasteiger partial charge on any atom is -0.451 e. The quantitative estimate of drug-likeness (QED) is 0.653. The van der Waals surface area contributed by atoms with Crippen LogP contribution in [-0.4, -0.2) is 28.3 Å². The first kappa shape index (κ1) is 12.0. The second-order valence-electron chi connectivity index (χ2n) is 3.23. The summed E-state index contributed by atoms with van der Waals surface area (Å²) in [5, 5.41) is 4.05. The fourth-order valence-corrected chi connectivity index (χ4v) is 1.30. The second kappa shape index (κ2) is 4.65. The van der Waals surface area contributed by atoms with Crippen molar-refractivity contribution in [2.45, 2.75) is 13.3 Å². The molecule has 0 aliphatic rings. The zero-order chi connectivity index (χ0) is 12.3. The number of hydrogen-bond donors (Lipinski definition) is 2. The van der Waals surface area contributed by atoms with Gasteiger partial charge in [0.2, 0.25) is 0 Å². The summed E-state index contributed by atoms with van der Waals surface area (Å²) in [6.07, 6.45) is 0.614. The molecule has 0 unspecified atom stereocenters. The number of primary amides is 1. The number of rotatable bonds is 4. The molecule has 0 fully saturated rings. The number of anilines is 1. The molecule has 88 valence electrons. The number of aryl methyl sites for hydroxylation is 2. The van der Waals surface area contributed by atoms with Crippen LogP contribution in [0, 0.1) is 0 Å². The molecule has 0 aliphatic heterocycles. The third-order valence-corrected chi connectivity index (χ3v) is 2.03. The van der Waals surface area contributed by atoms with Crippen LogP contribution in [0.15, 0.2) is 0 Å². The van der Waals surface area contributed by atoms with Gasteiger partial charge in [0, 0.05) is 7.05 Å². The van der Waals surface area contributed by atoms with Gasteiger partial charge in [0.15, 0.2) is 12.3 Å². The normalized spacial score (nSPS) is 10.1. The van der Waals surface area contributed by atoms with Crippen LogP contribution in [0.5, 0.6) is 0 Å². The fourth-order valence-electron chi connectivity index (χ4n) is 1.30. The van der Waals surface area contributed by atoms with Gasteiger partial charge < -0.3 is 16.2 Å². The maximum absolute atomic E-state index is 11.5. The van der Waals surface area contributed by atoms with Crippen molar-refractivity contribution in [1.82, 2.24) is 9.78 Å². The average molecular weight is 226 g/mol. The van der Waals surface area contributed by atoms with E-state index in [-0.39, 0.29) is 11.4 Å². The van der Waals surface area contributed by atoms with Crippen LogP contribution in [0.2, 0.25) is 0 Å². The Balaban J connectivity index is 2.90. The standard InChI is InChI=1S/C9H14N4O3/c1-3-5-7(11)8(13(2)12-5)9(15)16-4-6(10)14/h3-4,11H2,1-2H3,(H2,10,14). The Morgan fingerprint density at radius 2 is 2.12 bits per heavy atom. The van der Waals surface area contributed by atoms with Gasteiger partial charge in [-0.25, -0.2) is 4.79 Å². The molecule has 0 atom stereocenters. The minimum atomic E-state index is -0.718. The Morgan fingerprint density at radius 1 is 1.50 bits per heavy atom. The summed E-state index contributed by atoms with van der Waals surface area (Å²) in [7, 11) is 1.58. The van der Waals surface area contributed by atoms with Crippen molar-refractivity contribution in [2.75, 3.05) is 12.3 Å². The summed E-state index contributed by atoms with van der Waals surface area (Å²) in [4.78, 5) is 22.0. The first-order chi connectivity index (χ1) is 7.47. The molecular weight excluding hydrogens is 212 g/mol. The summed E-state index contributed by atoms with van der Waals surface area (Å²) >= 11 is 0. The predicted octanol–water partition coefficient (Wildman–Crippen LogP) is -0.793. The molecule has 7 heteroatoms. The number of nitrogen functional groups attached to an aromatic ring is 1. The molecule has 0 spiro atoms. The van der Waals surface area contributed by atoms with Crippen LogP contribution in [0.1, 0.15) is 23.1 Å². The lowest BCUT2D eigenvalue weighted by molar-refractivity contribution is -0.121. The van der Waals surface area contributed by atoms with Gasteiger partial charge in [-0.05, 0) is 6.42 Å². The maximum Gasteiger partial charge on any atom is 0.359 e. The van der Waals surface area contributed by atoms with Crippen molar-refractivity contribution in [3.8, 4) is 0 Å². The van der Waals surface area contributed by atoms with E-state index in [1.165, 1.54) is 4.68 Å². The Kier molecular flexibility index (Phi) is 3.49. The van der Waals surface area contributed by atoms with E-state index in [0.717, 1.165) is 0 Å². The molecule has 4 N–H and O–H groups in total. The lowest BCUT2D eigenvalue weighted by atomic mass is 10.2. The van der Waals surface area contributed by atoms with E-state index in [0.29, 0.717) is 12.1 Å². The van der Waals surface area contributed by atoms with Gasteiger partial charge in [-0.2, -0.15) is 5.10 Å². The average Bonchev–Trinajstić information content (AvgIpc) is 2.50. The lowest BCUT2D eigenvalue weighted by Crippen LogP contribution is -2.22. The summed E-state index contributed by atoms with van der Waals surface area (Å²) in [6.45, 7) is 1.40. The number of esters is 1. The molecule has 0 aliphatic carbocycles. The largest absolute Gasteiger partial charge is 0.451 e. The number of ether oxygens (including phenoxy) is 1. The number of nitrogens with two attached hydrogens (primary N) is 2. The molecule has 7 nitrogen and oxygen atoms in total. The van der Waals surface area contributed by atoms with Gasteiger partial charge in [0.25, 0.3) is 5.91 Å². The van der Waals surface area contributed by atoms with Crippen LogP contribution >= 0.6 is 0 Å². The van der Waals surface area contributed by atoms with Gasteiger partial charge in [-0.3, -0.25) is 9.48 Å². The zero-order valence-electron chi connectivity index (χ0n) is 9.19. The third kappa shape index (κ3) is 2.30. The molecule has 0 radical (unpaired) electrons. The highest BCUT2D eigenvalue weighted by molar-refractivity contribution is 5.95. The molecule has 0 saturated heterocycles. The van der Waals surface area contributed by atoms with Crippen molar-refractivity contribution in [3.63, 3.8) is 0 Å². The van der Waals surface area contributed by atoms with Gasteiger partial charge in [-0.15, -0.1) is 0 Å². The summed E-state index contributed by atoms with van der Waals surface area (Å²) < 4.78 is 5.99. The molecule has 16 heavy (non-hydrogen) atoms. The van der Waals surface area contributed by atoms with E-state index < -0.39 is 18.5 Å². The Labute approximate surface area is 92.3 Å². The van der Waals surface area contributed by atoms with Crippen molar-refractivity contribution < 1.29 is 14.3 Å². The van der Waals surface area contributed by atoms with Crippen LogP contribution in [0.4, 0.5) is 5.69 Å². The molecule has 1 aromatic heterocycles. The lowest BCUT2D eigenvalue weighted by Gasteiger charge is -2.03. The smallest absolute Gasteiger partial charge is 0.359 e. The van der Waals surface area contributed by atoms with Gasteiger partial charge in [-0.1, -0.05) is 6.92 Å². The van der Waals surface area contributed by atoms with Crippen LogP contribution in [0.3, 0.4) is 0 Å². The third-order valence-electron chi connectivity index (χ3n) is 2.03. The van der Waals surface area contributed by atoms with Crippen molar-refractivity contribution in [1.29, 1.82) is 0 Å². The fraction of sp³-hybridized carbons (Fsp3) is 0.444. The van der Waals surface area contributed by atoms with Gasteiger partial charge >= 0.3 is 5.97 Å². The number of carbonyl (C=O) groups is 2. The van der Waals surface area contributed by atoms with E-state index in [1.807, 2.05) is 6.92 Å². The first-order valence-corrected chi connectivity index (χ1v) is 4.74. The Bertz CT molecular complexity index is 425. The van der Waals surface area contributed by atoms with Crippen LogP contribution < -0.4 is 11.5 Å². The van der Waals surface area contributed by atoms with Gasteiger partial charge in [0.05, 0.1) is 11.4 Å². The van der Waals surface area contributed by atoms with Crippen LogP contribution in [0.25, 0.3) is 0 Å². The highest BCUT2D eigenvalue weighted by atomic mass is 16.5. The SMILES string of the molecule is CCc1nn(C)c(C(=O)OCC(N)=O)c1N. The molecule has 0 bridgehead atoms. The van der Waals surface area contributed by atoms with E-state index >= 15 is 0 Å². The highest BCUT2D eigenvalue weighted by Gasteiger charge is 2.20. The van der Waals surface area contributed by atoms with Crippen molar-refractivity contribution in [2.24, 2.45) is 12.8 Å². The highest BCUT2D eigenvalue weighted by Crippen LogP contribution is 2.17. The molecule has 0 aromatic carbocycles. The topological polar surface area (TPSA) is 113 Å². The maximum atomic E-state index is 11.5. The van der Waals surface area contributed by atoms with Crippen molar-refractivity contribution in [3.05, 3.63) is 11.4 Å².